The van der Waals surface area contributed by atoms with Crippen LogP contribution in [0.4, 0.5) is 5.69 Å². The highest BCUT2D eigenvalue weighted by molar-refractivity contribution is 5.96. The third-order valence-electron chi connectivity index (χ3n) is 2.43. The Labute approximate surface area is 119 Å². The van der Waals surface area contributed by atoms with Crippen molar-refractivity contribution in [3.05, 3.63) is 39.4 Å². The number of hydrogen-bond donors (Lipinski definition) is 0. The summed E-state index contributed by atoms with van der Waals surface area (Å²) in [5, 5.41) is 10.8. The largest absolute Gasteiger partial charge is 0.421 e. The summed E-state index contributed by atoms with van der Waals surface area (Å²) >= 11 is 0. The van der Waals surface area contributed by atoms with Crippen molar-refractivity contribution >= 4 is 23.4 Å². The van der Waals surface area contributed by atoms with E-state index in [0.717, 1.165) is 26.0 Å². The van der Waals surface area contributed by atoms with E-state index < -0.39 is 28.9 Å². The molecule has 0 aliphatic carbocycles. The van der Waals surface area contributed by atoms with Crippen LogP contribution in [0, 0.1) is 10.1 Å². The Balaban J connectivity index is 3.40. The minimum Gasteiger partial charge on any atom is -0.421 e. The van der Waals surface area contributed by atoms with Gasteiger partial charge < -0.3 is 9.47 Å². The Bertz CT molecular complexity index is 593. The highest BCUT2D eigenvalue weighted by Crippen LogP contribution is 2.28. The number of benzene rings is 1. The van der Waals surface area contributed by atoms with Gasteiger partial charge in [0.1, 0.15) is 0 Å². The Morgan fingerprint density at radius 2 is 1.62 bits per heavy atom. The van der Waals surface area contributed by atoms with Crippen molar-refractivity contribution in [2.75, 3.05) is 0 Å². The van der Waals surface area contributed by atoms with E-state index >= 15 is 0 Å². The molecule has 0 amide bonds. The fourth-order valence-electron chi connectivity index (χ4n) is 1.63. The number of Topliss-reactive ketones (excluding diaryl/α,β-unsaturated/α-hetero) is 1. The molecule has 112 valence electrons. The van der Waals surface area contributed by atoms with Gasteiger partial charge in [0, 0.05) is 31.5 Å². The minimum atomic E-state index is -1.52. The molecule has 0 aliphatic rings. The maximum absolute atomic E-state index is 11.6. The van der Waals surface area contributed by atoms with E-state index in [2.05, 4.69) is 0 Å². The second-order valence-electron chi connectivity index (χ2n) is 4.14. The Kier molecular flexibility index (Phi) is 5.12. The van der Waals surface area contributed by atoms with Crippen LogP contribution in [-0.2, 0) is 19.1 Å². The summed E-state index contributed by atoms with van der Waals surface area (Å²) in [5.41, 5.74) is -0.311. The third kappa shape index (κ3) is 4.37. The first-order chi connectivity index (χ1) is 9.72. The van der Waals surface area contributed by atoms with Gasteiger partial charge in [-0.25, -0.2) is 0 Å². The van der Waals surface area contributed by atoms with Crippen molar-refractivity contribution in [1.82, 2.24) is 0 Å². The van der Waals surface area contributed by atoms with Crippen molar-refractivity contribution in [3.8, 4) is 0 Å². The van der Waals surface area contributed by atoms with Gasteiger partial charge in [-0.1, -0.05) is 0 Å². The van der Waals surface area contributed by atoms with Crippen LogP contribution in [0.1, 0.15) is 43.0 Å². The molecular formula is C13H13NO7. The van der Waals surface area contributed by atoms with E-state index in [1.807, 2.05) is 0 Å². The molecule has 0 spiro atoms. The van der Waals surface area contributed by atoms with Crippen molar-refractivity contribution in [3.63, 3.8) is 0 Å². The van der Waals surface area contributed by atoms with Crippen molar-refractivity contribution in [1.29, 1.82) is 0 Å². The number of ketones is 1. The molecular weight excluding hydrogens is 282 g/mol. The normalized spacial score (nSPS) is 10.1. The topological polar surface area (TPSA) is 113 Å². The molecule has 0 saturated heterocycles. The maximum atomic E-state index is 11.6. The molecule has 0 saturated carbocycles. The second kappa shape index (κ2) is 6.60. The van der Waals surface area contributed by atoms with Gasteiger partial charge >= 0.3 is 11.9 Å². The van der Waals surface area contributed by atoms with Gasteiger partial charge in [0.2, 0.25) is 0 Å². The molecule has 0 aromatic heterocycles. The quantitative estimate of drug-likeness (QED) is 0.268. The molecule has 1 rings (SSSR count). The lowest BCUT2D eigenvalue weighted by molar-refractivity contribution is -0.385. The second-order valence-corrected chi connectivity index (χ2v) is 4.14. The fraction of sp³-hybridized carbons (Fsp3) is 0.308. The van der Waals surface area contributed by atoms with E-state index in [9.17, 15) is 24.5 Å². The van der Waals surface area contributed by atoms with Gasteiger partial charge in [0.25, 0.3) is 12.0 Å². The number of ether oxygens (including phenoxy) is 2. The lowest BCUT2D eigenvalue weighted by Gasteiger charge is -2.18. The van der Waals surface area contributed by atoms with E-state index in [0.29, 0.717) is 0 Å². The number of nitrogens with zero attached hydrogens (tertiary/aromatic N) is 1. The van der Waals surface area contributed by atoms with Crippen LogP contribution in [0.5, 0.6) is 0 Å². The van der Waals surface area contributed by atoms with E-state index in [1.165, 1.54) is 13.0 Å². The van der Waals surface area contributed by atoms with Crippen LogP contribution < -0.4 is 0 Å². The van der Waals surface area contributed by atoms with Crippen LogP contribution in [0.15, 0.2) is 18.2 Å². The lowest BCUT2D eigenvalue weighted by Crippen LogP contribution is -2.17. The lowest BCUT2D eigenvalue weighted by atomic mass is 10.0. The SMILES string of the molecule is CC(=O)OC(OC(C)=O)c1cc([N+](=O)[O-])ccc1C(C)=O. The van der Waals surface area contributed by atoms with Crippen LogP contribution >= 0.6 is 0 Å². The molecule has 0 fully saturated rings. The van der Waals surface area contributed by atoms with E-state index in [1.54, 1.807) is 0 Å². The molecule has 1 aromatic carbocycles. The van der Waals surface area contributed by atoms with E-state index in [-0.39, 0.29) is 16.8 Å². The number of hydrogen-bond acceptors (Lipinski definition) is 7. The van der Waals surface area contributed by atoms with Gasteiger partial charge in [0.15, 0.2) is 5.78 Å². The standard InChI is InChI=1S/C13H13NO7/c1-7(15)11-5-4-10(14(18)19)6-12(11)13(20-8(2)16)21-9(3)17/h4-6,13H,1-3H3. The molecule has 0 unspecified atom stereocenters. The highest BCUT2D eigenvalue weighted by atomic mass is 16.7. The molecule has 0 heterocycles. The van der Waals surface area contributed by atoms with Gasteiger partial charge in [0.05, 0.1) is 10.5 Å². The molecule has 0 aliphatic heterocycles. The predicted octanol–water partition coefficient (Wildman–Crippen LogP) is 1.92. The minimum absolute atomic E-state index is 0.0536. The van der Waals surface area contributed by atoms with Crippen molar-refractivity contribution in [2.24, 2.45) is 0 Å². The van der Waals surface area contributed by atoms with Crippen molar-refractivity contribution < 1.29 is 28.8 Å². The zero-order chi connectivity index (χ0) is 16.2. The number of nitro groups is 1. The summed E-state index contributed by atoms with van der Waals surface area (Å²) in [4.78, 5) is 43.9. The monoisotopic (exact) mass is 295 g/mol. The molecule has 8 heteroatoms. The first kappa shape index (κ1) is 16.3. The Morgan fingerprint density at radius 3 is 2.00 bits per heavy atom. The molecule has 8 nitrogen and oxygen atoms in total. The smallest absolute Gasteiger partial charge is 0.305 e. The third-order valence-corrected chi connectivity index (χ3v) is 2.43. The van der Waals surface area contributed by atoms with Crippen LogP contribution in [0.3, 0.4) is 0 Å². The first-order valence-corrected chi connectivity index (χ1v) is 5.86. The summed E-state index contributed by atoms with van der Waals surface area (Å²) in [6.07, 6.45) is -1.52. The van der Waals surface area contributed by atoms with Crippen LogP contribution in [0.2, 0.25) is 0 Å². The number of nitro benzene ring substituents is 1. The highest BCUT2D eigenvalue weighted by Gasteiger charge is 2.25. The zero-order valence-corrected chi connectivity index (χ0v) is 11.6. The average Bonchev–Trinajstić information content (AvgIpc) is 2.35. The molecule has 0 radical (unpaired) electrons. The number of carbonyl (C=O) groups excluding carboxylic acids is 3. The van der Waals surface area contributed by atoms with Gasteiger partial charge in [-0.2, -0.15) is 0 Å². The number of non-ortho nitro benzene ring substituents is 1. The summed E-state index contributed by atoms with van der Waals surface area (Å²) in [6.45, 7) is 3.41. The molecule has 0 atom stereocenters. The molecule has 1 aromatic rings. The molecule has 0 N–H and O–H groups in total. The zero-order valence-electron chi connectivity index (χ0n) is 11.6. The Morgan fingerprint density at radius 1 is 1.10 bits per heavy atom. The molecule has 21 heavy (non-hydrogen) atoms. The summed E-state index contributed by atoms with van der Waals surface area (Å²) in [6, 6.07) is 3.39. The summed E-state index contributed by atoms with van der Waals surface area (Å²) in [5.74, 6) is -1.94. The predicted molar refractivity (Wildman–Crippen MR) is 69.4 cm³/mol. The number of rotatable bonds is 5. The molecule has 0 bridgehead atoms. The fourth-order valence-corrected chi connectivity index (χ4v) is 1.63. The van der Waals surface area contributed by atoms with Gasteiger partial charge in [-0.15, -0.1) is 0 Å². The van der Waals surface area contributed by atoms with E-state index in [4.69, 9.17) is 9.47 Å². The van der Waals surface area contributed by atoms with Gasteiger partial charge in [-0.3, -0.25) is 24.5 Å². The van der Waals surface area contributed by atoms with Crippen LogP contribution in [0.25, 0.3) is 0 Å². The first-order valence-electron chi connectivity index (χ1n) is 5.86. The average molecular weight is 295 g/mol. The number of carbonyl (C=O) groups is 3. The van der Waals surface area contributed by atoms with Gasteiger partial charge in [-0.05, 0) is 13.0 Å². The summed E-state index contributed by atoms with van der Waals surface area (Å²) in [7, 11) is 0. The Hall–Kier alpha value is -2.77. The maximum Gasteiger partial charge on any atom is 0.305 e. The van der Waals surface area contributed by atoms with Crippen LogP contribution in [-0.4, -0.2) is 22.6 Å². The number of esters is 2. The van der Waals surface area contributed by atoms with Crippen molar-refractivity contribution in [2.45, 2.75) is 27.1 Å². The summed E-state index contributed by atoms with van der Waals surface area (Å²) < 4.78 is 9.63.